The van der Waals surface area contributed by atoms with Crippen LogP contribution in [-0.4, -0.2) is 19.9 Å². The van der Waals surface area contributed by atoms with Gasteiger partial charge in [0.05, 0.1) is 0 Å². The first-order valence-electron chi connectivity index (χ1n) is 14.6. The highest BCUT2D eigenvalue weighted by molar-refractivity contribution is 6.13. The van der Waals surface area contributed by atoms with Crippen LogP contribution in [0.25, 0.3) is 77.2 Å². The Labute approximate surface area is 255 Å². The van der Waals surface area contributed by atoms with Crippen LogP contribution in [0.1, 0.15) is 0 Å². The number of hydrogen-bond acceptors (Lipinski definition) is 4. The van der Waals surface area contributed by atoms with Crippen molar-refractivity contribution < 1.29 is 0 Å². The molecule has 0 spiro atoms. The van der Waals surface area contributed by atoms with Gasteiger partial charge in [-0.05, 0) is 110 Å². The average Bonchev–Trinajstić information content (AvgIpc) is 3.11. The van der Waals surface area contributed by atoms with Crippen LogP contribution in [0.2, 0.25) is 0 Å². The lowest BCUT2D eigenvalue weighted by atomic mass is 9.83. The van der Waals surface area contributed by atoms with Gasteiger partial charge < -0.3 is 0 Å². The van der Waals surface area contributed by atoms with Crippen molar-refractivity contribution in [3.8, 4) is 55.6 Å². The van der Waals surface area contributed by atoms with Crippen molar-refractivity contribution in [2.24, 2.45) is 0 Å². The van der Waals surface area contributed by atoms with E-state index in [9.17, 15) is 0 Å². The van der Waals surface area contributed by atoms with Crippen LogP contribution in [0.3, 0.4) is 0 Å². The van der Waals surface area contributed by atoms with Gasteiger partial charge in [0.25, 0.3) is 0 Å². The predicted molar refractivity (Wildman–Crippen MR) is 180 cm³/mol. The second-order valence-corrected chi connectivity index (χ2v) is 10.9. The summed E-state index contributed by atoms with van der Waals surface area (Å²) >= 11 is 0. The molecule has 44 heavy (non-hydrogen) atoms. The van der Waals surface area contributed by atoms with Gasteiger partial charge in [-0.3, -0.25) is 19.9 Å². The monoisotopic (exact) mass is 562 g/mol. The lowest BCUT2D eigenvalue weighted by molar-refractivity contribution is 1.30. The Balaban J connectivity index is 1.49. The third-order valence-corrected chi connectivity index (χ3v) is 8.17. The molecule has 0 radical (unpaired) electrons. The minimum atomic E-state index is 1.05. The SMILES string of the molecule is c1ccc(-c2c(-c3cncc(-c4ccncc4)c3)cc3cc4ccccc4cc3c2-c2cncc(-c3ccncc3)c2)cc1. The van der Waals surface area contributed by atoms with E-state index < -0.39 is 0 Å². The maximum absolute atomic E-state index is 4.76. The molecule has 0 aliphatic heterocycles. The molecule has 4 heteroatoms. The topological polar surface area (TPSA) is 51.6 Å². The molecule has 0 aliphatic carbocycles. The predicted octanol–water partition coefficient (Wildman–Crippen LogP) is 9.91. The van der Waals surface area contributed by atoms with Crippen LogP contribution in [0.5, 0.6) is 0 Å². The van der Waals surface area contributed by atoms with Gasteiger partial charge in [-0.2, -0.15) is 0 Å². The second kappa shape index (κ2) is 11.0. The molecule has 4 heterocycles. The van der Waals surface area contributed by atoms with E-state index in [1.807, 2.05) is 73.8 Å². The van der Waals surface area contributed by atoms with E-state index in [4.69, 9.17) is 9.97 Å². The summed E-state index contributed by atoms with van der Waals surface area (Å²) in [6, 6.07) is 38.7. The maximum Gasteiger partial charge on any atom is 0.0347 e. The fourth-order valence-corrected chi connectivity index (χ4v) is 6.09. The highest BCUT2D eigenvalue weighted by Crippen LogP contribution is 2.46. The molecule has 0 fully saturated rings. The Kier molecular flexibility index (Phi) is 6.43. The van der Waals surface area contributed by atoms with Gasteiger partial charge in [-0.25, -0.2) is 0 Å². The summed E-state index contributed by atoms with van der Waals surface area (Å²) < 4.78 is 0. The van der Waals surface area contributed by atoms with Gasteiger partial charge in [-0.1, -0.05) is 54.6 Å². The van der Waals surface area contributed by atoms with Gasteiger partial charge in [0, 0.05) is 71.8 Å². The Hall–Kier alpha value is -6.00. The first-order valence-corrected chi connectivity index (χ1v) is 14.6. The molecule has 0 bridgehead atoms. The zero-order valence-electron chi connectivity index (χ0n) is 23.8. The molecule has 0 unspecified atom stereocenters. The van der Waals surface area contributed by atoms with Gasteiger partial charge >= 0.3 is 0 Å². The summed E-state index contributed by atoms with van der Waals surface area (Å²) in [6.07, 6.45) is 15.1. The number of nitrogens with zero attached hydrogens (tertiary/aromatic N) is 4. The van der Waals surface area contributed by atoms with Gasteiger partial charge in [0.1, 0.15) is 0 Å². The zero-order chi connectivity index (χ0) is 29.3. The molecular weight excluding hydrogens is 536 g/mol. The molecule has 0 aliphatic rings. The van der Waals surface area contributed by atoms with E-state index >= 15 is 0 Å². The van der Waals surface area contributed by atoms with E-state index in [2.05, 4.69) is 94.9 Å². The number of pyridine rings is 4. The van der Waals surface area contributed by atoms with E-state index in [0.717, 1.165) is 61.0 Å². The zero-order valence-corrected chi connectivity index (χ0v) is 23.8. The second-order valence-electron chi connectivity index (χ2n) is 10.9. The normalized spacial score (nSPS) is 11.2. The van der Waals surface area contributed by atoms with Crippen LogP contribution < -0.4 is 0 Å². The van der Waals surface area contributed by atoms with Gasteiger partial charge in [-0.15, -0.1) is 0 Å². The maximum atomic E-state index is 4.76. The molecule has 206 valence electrons. The number of hydrogen-bond donors (Lipinski definition) is 0. The number of benzene rings is 4. The number of aromatic nitrogens is 4. The highest BCUT2D eigenvalue weighted by Gasteiger charge is 2.20. The van der Waals surface area contributed by atoms with Crippen molar-refractivity contribution in [3.63, 3.8) is 0 Å². The fraction of sp³-hybridized carbons (Fsp3) is 0. The van der Waals surface area contributed by atoms with E-state index in [-0.39, 0.29) is 0 Å². The Bertz CT molecular complexity index is 2260. The summed E-state index contributed by atoms with van der Waals surface area (Å²) in [4.78, 5) is 17.9. The van der Waals surface area contributed by atoms with Crippen LogP contribution >= 0.6 is 0 Å². The van der Waals surface area contributed by atoms with Gasteiger partial charge in [0.2, 0.25) is 0 Å². The van der Waals surface area contributed by atoms with E-state index in [0.29, 0.717) is 0 Å². The molecule has 4 aromatic carbocycles. The molecule has 0 saturated carbocycles. The van der Waals surface area contributed by atoms with Crippen molar-refractivity contribution in [1.29, 1.82) is 0 Å². The molecule has 8 rings (SSSR count). The molecule has 8 aromatic rings. The Morgan fingerprint density at radius 3 is 1.52 bits per heavy atom. The highest BCUT2D eigenvalue weighted by atomic mass is 14.6. The van der Waals surface area contributed by atoms with Gasteiger partial charge in [0.15, 0.2) is 0 Å². The molecule has 0 amide bonds. The lowest BCUT2D eigenvalue weighted by Gasteiger charge is -2.20. The third-order valence-electron chi connectivity index (χ3n) is 8.17. The summed E-state index contributed by atoms with van der Waals surface area (Å²) in [5.74, 6) is 0. The Morgan fingerprint density at radius 1 is 0.318 bits per heavy atom. The standard InChI is InChI=1S/C40H26N4/c1-2-6-29(7-3-1)39-38(35-19-33(23-43-25-35)27-10-14-41-15-11-27)22-32-18-30-8-4-5-9-31(30)21-37(32)40(39)36-20-34(24-44-26-36)28-12-16-42-17-13-28/h1-26H. The first-order chi connectivity index (χ1) is 21.8. The summed E-state index contributed by atoms with van der Waals surface area (Å²) in [6.45, 7) is 0. The molecule has 0 saturated heterocycles. The summed E-state index contributed by atoms with van der Waals surface area (Å²) in [5.41, 5.74) is 10.9. The quantitative estimate of drug-likeness (QED) is 0.196. The third kappa shape index (κ3) is 4.69. The van der Waals surface area contributed by atoms with Crippen molar-refractivity contribution >= 4 is 21.5 Å². The van der Waals surface area contributed by atoms with Crippen molar-refractivity contribution in [2.75, 3.05) is 0 Å². The molecule has 4 aromatic heterocycles. The van der Waals surface area contributed by atoms with E-state index in [1.54, 1.807) is 0 Å². The molecule has 4 nitrogen and oxygen atoms in total. The van der Waals surface area contributed by atoms with Crippen molar-refractivity contribution in [3.05, 3.63) is 159 Å². The Morgan fingerprint density at radius 2 is 0.864 bits per heavy atom. The summed E-state index contributed by atoms with van der Waals surface area (Å²) in [5, 5.41) is 4.75. The van der Waals surface area contributed by atoms with Crippen LogP contribution in [0.4, 0.5) is 0 Å². The number of fused-ring (bicyclic) bond motifs is 2. The number of rotatable bonds is 5. The first kappa shape index (κ1) is 25.7. The molecule has 0 atom stereocenters. The smallest absolute Gasteiger partial charge is 0.0347 e. The van der Waals surface area contributed by atoms with Crippen LogP contribution in [0.15, 0.2) is 159 Å². The largest absolute Gasteiger partial charge is 0.265 e. The minimum absolute atomic E-state index is 1.05. The van der Waals surface area contributed by atoms with Crippen molar-refractivity contribution in [1.82, 2.24) is 19.9 Å². The molecule has 0 N–H and O–H groups in total. The van der Waals surface area contributed by atoms with Crippen molar-refractivity contribution in [2.45, 2.75) is 0 Å². The lowest BCUT2D eigenvalue weighted by Crippen LogP contribution is -1.95. The van der Waals surface area contributed by atoms with Crippen LogP contribution in [-0.2, 0) is 0 Å². The molecular formula is C40H26N4. The van der Waals surface area contributed by atoms with Crippen LogP contribution in [0, 0.1) is 0 Å². The minimum Gasteiger partial charge on any atom is -0.265 e. The fourth-order valence-electron chi connectivity index (χ4n) is 6.09. The van der Waals surface area contributed by atoms with E-state index in [1.165, 1.54) is 16.2 Å². The average molecular weight is 563 g/mol. The summed E-state index contributed by atoms with van der Waals surface area (Å²) in [7, 11) is 0.